The largest absolute Gasteiger partial charge is 0.480 e. The van der Waals surface area contributed by atoms with Gasteiger partial charge in [-0.25, -0.2) is 4.79 Å². The molecule has 1 aliphatic rings. The fraction of sp³-hybridized carbons (Fsp3) is 0.467. The van der Waals surface area contributed by atoms with Gasteiger partial charge >= 0.3 is 12.0 Å². The van der Waals surface area contributed by atoms with Crippen LogP contribution < -0.4 is 5.32 Å². The van der Waals surface area contributed by atoms with Gasteiger partial charge in [-0.05, 0) is 12.5 Å². The highest BCUT2D eigenvalue weighted by atomic mass is 16.4. The Morgan fingerprint density at radius 2 is 1.81 bits per heavy atom. The van der Waals surface area contributed by atoms with Gasteiger partial charge in [-0.15, -0.1) is 0 Å². The molecule has 2 amide bonds. The van der Waals surface area contributed by atoms with Crippen LogP contribution in [0.15, 0.2) is 30.3 Å². The van der Waals surface area contributed by atoms with Crippen LogP contribution in [0.4, 0.5) is 4.79 Å². The number of rotatable bonds is 4. The fourth-order valence-corrected chi connectivity index (χ4v) is 2.29. The first-order valence-corrected chi connectivity index (χ1v) is 7.11. The van der Waals surface area contributed by atoms with Crippen LogP contribution >= 0.6 is 0 Å². The van der Waals surface area contributed by atoms with Gasteiger partial charge in [-0.3, -0.25) is 9.69 Å². The molecule has 2 rings (SSSR count). The summed E-state index contributed by atoms with van der Waals surface area (Å²) in [7, 11) is 0. The van der Waals surface area contributed by atoms with Crippen molar-refractivity contribution in [3.63, 3.8) is 0 Å². The third-order valence-electron chi connectivity index (χ3n) is 3.62. The minimum absolute atomic E-state index is 0.302. The average molecular weight is 291 g/mol. The van der Waals surface area contributed by atoms with Gasteiger partial charge < -0.3 is 15.3 Å². The second kappa shape index (κ2) is 7.08. The molecular weight excluding hydrogens is 270 g/mol. The number of carbonyl (C=O) groups is 2. The van der Waals surface area contributed by atoms with E-state index in [1.807, 2.05) is 18.2 Å². The molecule has 2 N–H and O–H groups in total. The van der Waals surface area contributed by atoms with Crippen LogP contribution in [0.2, 0.25) is 0 Å². The summed E-state index contributed by atoms with van der Waals surface area (Å²) in [5.41, 5.74) is 1.26. The van der Waals surface area contributed by atoms with Gasteiger partial charge in [0.2, 0.25) is 0 Å². The van der Waals surface area contributed by atoms with E-state index in [1.165, 1.54) is 12.5 Å². The first-order chi connectivity index (χ1) is 10.1. The van der Waals surface area contributed by atoms with E-state index in [4.69, 9.17) is 5.11 Å². The standard InChI is InChI=1S/C15H21N3O3/c1-12(14(19)20)16-15(21)18-9-7-17(8-10-18)11-13-5-3-2-4-6-13/h2-6,12H,7-11H2,1H3,(H,16,21)(H,19,20)/t12-/m0/s1. The highest BCUT2D eigenvalue weighted by molar-refractivity contribution is 5.82. The van der Waals surface area contributed by atoms with Crippen molar-refractivity contribution in [1.29, 1.82) is 0 Å². The first kappa shape index (κ1) is 15.3. The Morgan fingerprint density at radius 1 is 1.19 bits per heavy atom. The molecule has 1 aliphatic heterocycles. The van der Waals surface area contributed by atoms with Crippen molar-refractivity contribution >= 4 is 12.0 Å². The predicted octanol–water partition coefficient (Wildman–Crippen LogP) is 0.987. The molecule has 6 heteroatoms. The number of amides is 2. The molecule has 0 aromatic heterocycles. The van der Waals surface area contributed by atoms with Crippen molar-refractivity contribution < 1.29 is 14.7 Å². The Hall–Kier alpha value is -2.08. The minimum Gasteiger partial charge on any atom is -0.480 e. The third kappa shape index (κ3) is 4.46. The van der Waals surface area contributed by atoms with Crippen molar-refractivity contribution in [2.24, 2.45) is 0 Å². The predicted molar refractivity (Wildman–Crippen MR) is 78.9 cm³/mol. The minimum atomic E-state index is -1.02. The summed E-state index contributed by atoms with van der Waals surface area (Å²) >= 11 is 0. The van der Waals surface area contributed by atoms with Crippen LogP contribution in [0.3, 0.4) is 0 Å². The van der Waals surface area contributed by atoms with Gasteiger partial charge in [0, 0.05) is 32.7 Å². The van der Waals surface area contributed by atoms with Crippen molar-refractivity contribution in [1.82, 2.24) is 15.1 Å². The number of urea groups is 1. The molecule has 0 aliphatic carbocycles. The molecule has 21 heavy (non-hydrogen) atoms. The number of aliphatic carboxylic acids is 1. The summed E-state index contributed by atoms with van der Waals surface area (Å²) in [5, 5.41) is 11.3. The molecule has 6 nitrogen and oxygen atoms in total. The van der Waals surface area contributed by atoms with Crippen LogP contribution in [0, 0.1) is 0 Å². The van der Waals surface area contributed by atoms with E-state index in [1.54, 1.807) is 4.90 Å². The zero-order valence-corrected chi connectivity index (χ0v) is 12.2. The summed E-state index contributed by atoms with van der Waals surface area (Å²) in [6, 6.07) is 9.05. The summed E-state index contributed by atoms with van der Waals surface area (Å²) in [6.07, 6.45) is 0. The molecule has 1 heterocycles. The zero-order valence-electron chi connectivity index (χ0n) is 12.2. The van der Waals surface area contributed by atoms with E-state index < -0.39 is 12.0 Å². The molecule has 0 unspecified atom stereocenters. The van der Waals surface area contributed by atoms with Crippen LogP contribution in [0.25, 0.3) is 0 Å². The lowest BCUT2D eigenvalue weighted by atomic mass is 10.2. The Bertz CT molecular complexity index is 484. The van der Waals surface area contributed by atoms with Gasteiger partial charge in [-0.1, -0.05) is 30.3 Å². The molecule has 0 bridgehead atoms. The molecule has 0 radical (unpaired) electrons. The number of benzene rings is 1. The number of nitrogens with one attached hydrogen (secondary N) is 1. The zero-order chi connectivity index (χ0) is 15.2. The third-order valence-corrected chi connectivity index (χ3v) is 3.62. The molecule has 1 aromatic carbocycles. The number of piperazine rings is 1. The monoisotopic (exact) mass is 291 g/mol. The normalized spacial score (nSPS) is 17.3. The van der Waals surface area contributed by atoms with E-state index in [-0.39, 0.29) is 6.03 Å². The Morgan fingerprint density at radius 3 is 2.38 bits per heavy atom. The Balaban J connectivity index is 1.78. The highest BCUT2D eigenvalue weighted by Gasteiger charge is 2.23. The number of carbonyl (C=O) groups excluding carboxylic acids is 1. The summed E-state index contributed by atoms with van der Waals surface area (Å²) < 4.78 is 0. The molecule has 114 valence electrons. The van der Waals surface area contributed by atoms with Crippen LogP contribution in [0.5, 0.6) is 0 Å². The molecular formula is C15H21N3O3. The summed E-state index contributed by atoms with van der Waals surface area (Å²) in [6.45, 7) is 5.16. The molecule has 0 spiro atoms. The molecule has 1 aromatic rings. The van der Waals surface area contributed by atoms with E-state index in [0.717, 1.165) is 19.6 Å². The van der Waals surface area contributed by atoms with E-state index in [2.05, 4.69) is 22.3 Å². The topological polar surface area (TPSA) is 72.9 Å². The number of hydrogen-bond donors (Lipinski definition) is 2. The number of carboxylic acids is 1. The molecule has 0 saturated carbocycles. The number of carboxylic acid groups (broad SMARTS) is 1. The maximum absolute atomic E-state index is 11.9. The van der Waals surface area contributed by atoms with Crippen LogP contribution in [0.1, 0.15) is 12.5 Å². The van der Waals surface area contributed by atoms with Crippen molar-refractivity contribution in [2.45, 2.75) is 19.5 Å². The summed E-state index contributed by atoms with van der Waals surface area (Å²) in [5.74, 6) is -1.02. The second-order valence-corrected chi connectivity index (χ2v) is 5.26. The van der Waals surface area contributed by atoms with E-state index >= 15 is 0 Å². The van der Waals surface area contributed by atoms with Gasteiger partial charge in [0.1, 0.15) is 6.04 Å². The molecule has 1 saturated heterocycles. The van der Waals surface area contributed by atoms with Gasteiger partial charge in [-0.2, -0.15) is 0 Å². The van der Waals surface area contributed by atoms with Crippen molar-refractivity contribution in [3.05, 3.63) is 35.9 Å². The number of nitrogens with zero attached hydrogens (tertiary/aromatic N) is 2. The van der Waals surface area contributed by atoms with Crippen molar-refractivity contribution in [3.8, 4) is 0 Å². The average Bonchev–Trinajstić information content (AvgIpc) is 2.48. The SMILES string of the molecule is C[C@H](NC(=O)N1CCN(Cc2ccccc2)CC1)C(=O)O. The maximum Gasteiger partial charge on any atom is 0.325 e. The van der Waals surface area contributed by atoms with E-state index in [9.17, 15) is 9.59 Å². The lowest BCUT2D eigenvalue weighted by molar-refractivity contribution is -0.138. The fourth-order valence-electron chi connectivity index (χ4n) is 2.29. The first-order valence-electron chi connectivity index (χ1n) is 7.11. The number of hydrogen-bond acceptors (Lipinski definition) is 3. The molecule has 1 fully saturated rings. The second-order valence-electron chi connectivity index (χ2n) is 5.26. The van der Waals surface area contributed by atoms with Gasteiger partial charge in [0.15, 0.2) is 0 Å². The highest BCUT2D eigenvalue weighted by Crippen LogP contribution is 2.08. The van der Waals surface area contributed by atoms with Gasteiger partial charge in [0.25, 0.3) is 0 Å². The maximum atomic E-state index is 11.9. The van der Waals surface area contributed by atoms with Crippen LogP contribution in [-0.2, 0) is 11.3 Å². The Labute approximate surface area is 124 Å². The van der Waals surface area contributed by atoms with Gasteiger partial charge in [0.05, 0.1) is 0 Å². The van der Waals surface area contributed by atoms with Crippen molar-refractivity contribution in [2.75, 3.05) is 26.2 Å². The quantitative estimate of drug-likeness (QED) is 0.867. The van der Waals surface area contributed by atoms with E-state index in [0.29, 0.717) is 13.1 Å². The Kier molecular flexibility index (Phi) is 5.16. The lowest BCUT2D eigenvalue weighted by Crippen LogP contribution is -2.53. The summed E-state index contributed by atoms with van der Waals surface area (Å²) in [4.78, 5) is 26.6. The lowest BCUT2D eigenvalue weighted by Gasteiger charge is -2.35. The molecule has 1 atom stereocenters. The smallest absolute Gasteiger partial charge is 0.325 e. The van der Waals surface area contributed by atoms with Crippen LogP contribution in [-0.4, -0.2) is 59.1 Å².